The van der Waals surface area contributed by atoms with Gasteiger partial charge in [-0.3, -0.25) is 0 Å². The summed E-state index contributed by atoms with van der Waals surface area (Å²) < 4.78 is 62.4. The number of hydrogen-bond acceptors (Lipinski definition) is 2. The SMILES string of the molecule is O=S(=O)(c1ccc(F)cc1)c1ccc(F)c(F)c1. The predicted molar refractivity (Wildman–Crippen MR) is 58.2 cm³/mol. The first-order valence-electron chi connectivity index (χ1n) is 4.87. The summed E-state index contributed by atoms with van der Waals surface area (Å²) in [4.78, 5) is -0.567. The molecule has 0 N–H and O–H groups in total. The van der Waals surface area contributed by atoms with E-state index in [4.69, 9.17) is 0 Å². The van der Waals surface area contributed by atoms with Gasteiger partial charge in [0.25, 0.3) is 0 Å². The second kappa shape index (κ2) is 4.45. The van der Waals surface area contributed by atoms with E-state index in [-0.39, 0.29) is 9.79 Å². The van der Waals surface area contributed by atoms with Gasteiger partial charge in [0.1, 0.15) is 5.82 Å². The van der Waals surface area contributed by atoms with Crippen LogP contribution in [0.4, 0.5) is 13.2 Å². The van der Waals surface area contributed by atoms with Crippen LogP contribution < -0.4 is 0 Å². The average molecular weight is 272 g/mol. The Morgan fingerprint density at radius 1 is 0.722 bits per heavy atom. The molecule has 0 atom stereocenters. The third kappa shape index (κ3) is 2.24. The van der Waals surface area contributed by atoms with Gasteiger partial charge in [-0.1, -0.05) is 0 Å². The standard InChI is InChI=1S/C12H7F3O2S/c13-8-1-3-9(4-2-8)18(16,17)10-5-6-11(14)12(15)7-10/h1-7H. The highest BCUT2D eigenvalue weighted by atomic mass is 32.2. The summed E-state index contributed by atoms with van der Waals surface area (Å²) in [6.45, 7) is 0. The van der Waals surface area contributed by atoms with E-state index in [2.05, 4.69) is 0 Å². The highest BCUT2D eigenvalue weighted by Gasteiger charge is 2.19. The molecule has 0 spiro atoms. The van der Waals surface area contributed by atoms with Gasteiger partial charge >= 0.3 is 0 Å². The molecule has 0 heterocycles. The molecule has 0 saturated carbocycles. The minimum Gasteiger partial charge on any atom is -0.219 e. The fourth-order valence-corrected chi connectivity index (χ4v) is 2.67. The van der Waals surface area contributed by atoms with Crippen molar-refractivity contribution in [3.05, 3.63) is 59.9 Å². The highest BCUT2D eigenvalue weighted by molar-refractivity contribution is 7.91. The van der Waals surface area contributed by atoms with Crippen LogP contribution in [0.1, 0.15) is 0 Å². The van der Waals surface area contributed by atoms with Crippen molar-refractivity contribution in [3.8, 4) is 0 Å². The first-order valence-corrected chi connectivity index (χ1v) is 6.35. The van der Waals surface area contributed by atoms with Crippen LogP contribution in [0.3, 0.4) is 0 Å². The molecule has 0 aromatic heterocycles. The number of sulfone groups is 1. The summed E-state index contributed by atoms with van der Waals surface area (Å²) in [7, 11) is -3.97. The fraction of sp³-hybridized carbons (Fsp3) is 0. The summed E-state index contributed by atoms with van der Waals surface area (Å²) >= 11 is 0. The molecule has 0 unspecified atom stereocenters. The number of halogens is 3. The van der Waals surface area contributed by atoms with Crippen LogP contribution in [0.15, 0.2) is 52.3 Å². The molecule has 0 aliphatic rings. The van der Waals surface area contributed by atoms with Gasteiger partial charge in [0.2, 0.25) is 9.84 Å². The van der Waals surface area contributed by atoms with Crippen LogP contribution in [-0.4, -0.2) is 8.42 Å². The molecule has 94 valence electrons. The summed E-state index contributed by atoms with van der Waals surface area (Å²) in [6, 6.07) is 6.36. The minimum absolute atomic E-state index is 0.185. The Bertz CT molecular complexity index is 679. The lowest BCUT2D eigenvalue weighted by Gasteiger charge is -2.04. The molecule has 2 nitrogen and oxygen atoms in total. The molecule has 18 heavy (non-hydrogen) atoms. The van der Waals surface area contributed by atoms with E-state index < -0.39 is 27.3 Å². The molecule has 0 aliphatic carbocycles. The first kappa shape index (κ1) is 12.6. The van der Waals surface area contributed by atoms with Crippen molar-refractivity contribution in [2.75, 3.05) is 0 Å². The maximum Gasteiger partial charge on any atom is 0.206 e. The average Bonchev–Trinajstić information content (AvgIpc) is 2.33. The monoisotopic (exact) mass is 272 g/mol. The Labute approximate surface area is 102 Å². The van der Waals surface area contributed by atoms with Crippen molar-refractivity contribution in [3.63, 3.8) is 0 Å². The fourth-order valence-electron chi connectivity index (χ4n) is 1.39. The van der Waals surface area contributed by atoms with Crippen LogP contribution in [0, 0.1) is 17.5 Å². The lowest BCUT2D eigenvalue weighted by molar-refractivity contribution is 0.504. The molecule has 0 fully saturated rings. The molecule has 0 amide bonds. The van der Waals surface area contributed by atoms with Crippen LogP contribution in [0.2, 0.25) is 0 Å². The van der Waals surface area contributed by atoms with Gasteiger partial charge in [0, 0.05) is 0 Å². The van der Waals surface area contributed by atoms with E-state index in [9.17, 15) is 21.6 Å². The molecule has 0 bridgehead atoms. The Morgan fingerprint density at radius 2 is 1.28 bits per heavy atom. The molecular weight excluding hydrogens is 265 g/mol. The van der Waals surface area contributed by atoms with Gasteiger partial charge in [-0.15, -0.1) is 0 Å². The van der Waals surface area contributed by atoms with Gasteiger partial charge < -0.3 is 0 Å². The number of benzene rings is 2. The Morgan fingerprint density at radius 3 is 1.83 bits per heavy atom. The van der Waals surface area contributed by atoms with E-state index in [0.29, 0.717) is 6.07 Å². The van der Waals surface area contributed by atoms with Gasteiger partial charge in [0.05, 0.1) is 9.79 Å². The molecule has 0 aliphatic heterocycles. The lowest BCUT2D eigenvalue weighted by atomic mass is 10.3. The minimum atomic E-state index is -3.97. The van der Waals surface area contributed by atoms with Crippen LogP contribution in [0.5, 0.6) is 0 Å². The van der Waals surface area contributed by atoms with Crippen LogP contribution >= 0.6 is 0 Å². The Balaban J connectivity index is 2.54. The summed E-state index contributed by atoms with van der Waals surface area (Å²) in [5, 5.41) is 0. The van der Waals surface area contributed by atoms with Gasteiger partial charge in [-0.2, -0.15) is 0 Å². The van der Waals surface area contributed by atoms with Gasteiger partial charge in [-0.05, 0) is 42.5 Å². The van der Waals surface area contributed by atoms with Crippen molar-refractivity contribution >= 4 is 9.84 Å². The third-order valence-corrected chi connectivity index (χ3v) is 4.09. The molecule has 2 aromatic rings. The smallest absolute Gasteiger partial charge is 0.206 e. The van der Waals surface area contributed by atoms with E-state index in [0.717, 1.165) is 36.4 Å². The lowest BCUT2D eigenvalue weighted by Crippen LogP contribution is -2.03. The topological polar surface area (TPSA) is 34.1 Å². The van der Waals surface area contributed by atoms with Crippen molar-refractivity contribution in [2.45, 2.75) is 9.79 Å². The van der Waals surface area contributed by atoms with Crippen molar-refractivity contribution in [2.24, 2.45) is 0 Å². The third-order valence-electron chi connectivity index (χ3n) is 2.33. The van der Waals surface area contributed by atoms with E-state index >= 15 is 0 Å². The molecular formula is C12H7F3O2S. The second-order valence-electron chi connectivity index (χ2n) is 3.53. The first-order chi connectivity index (χ1) is 8.41. The maximum atomic E-state index is 13.0. The van der Waals surface area contributed by atoms with Gasteiger partial charge in [-0.25, -0.2) is 21.6 Å². The van der Waals surface area contributed by atoms with E-state index in [1.807, 2.05) is 0 Å². The summed E-state index contributed by atoms with van der Waals surface area (Å²) in [5.74, 6) is -2.97. The van der Waals surface area contributed by atoms with Crippen LogP contribution in [-0.2, 0) is 9.84 Å². The Kier molecular flexibility index (Phi) is 3.13. The number of hydrogen-bond donors (Lipinski definition) is 0. The summed E-state index contributed by atoms with van der Waals surface area (Å²) in [5.41, 5.74) is 0. The largest absolute Gasteiger partial charge is 0.219 e. The van der Waals surface area contributed by atoms with E-state index in [1.165, 1.54) is 0 Å². The van der Waals surface area contributed by atoms with Crippen molar-refractivity contribution in [1.29, 1.82) is 0 Å². The number of rotatable bonds is 2. The normalized spacial score (nSPS) is 11.5. The zero-order valence-electron chi connectivity index (χ0n) is 8.90. The predicted octanol–water partition coefficient (Wildman–Crippen LogP) is 2.94. The molecule has 2 aromatic carbocycles. The summed E-state index contributed by atoms with van der Waals surface area (Å²) in [6.07, 6.45) is 0. The quantitative estimate of drug-likeness (QED) is 0.788. The molecule has 0 saturated heterocycles. The van der Waals surface area contributed by atoms with Crippen molar-refractivity contribution < 1.29 is 21.6 Å². The van der Waals surface area contributed by atoms with Crippen LogP contribution in [0.25, 0.3) is 0 Å². The maximum absolute atomic E-state index is 13.0. The Hall–Kier alpha value is -1.82. The second-order valence-corrected chi connectivity index (χ2v) is 5.48. The zero-order valence-corrected chi connectivity index (χ0v) is 9.72. The van der Waals surface area contributed by atoms with Gasteiger partial charge in [0.15, 0.2) is 11.6 Å². The van der Waals surface area contributed by atoms with E-state index in [1.54, 1.807) is 0 Å². The zero-order chi connectivity index (χ0) is 13.3. The molecule has 6 heteroatoms. The molecule has 0 radical (unpaired) electrons. The highest BCUT2D eigenvalue weighted by Crippen LogP contribution is 2.22. The van der Waals surface area contributed by atoms with Crippen molar-refractivity contribution in [1.82, 2.24) is 0 Å². The molecule has 2 rings (SSSR count).